The number of hydrogen-bond acceptors (Lipinski definition) is 5. The Hall–Kier alpha value is -1.60. The van der Waals surface area contributed by atoms with Gasteiger partial charge in [-0.25, -0.2) is 4.98 Å². The minimum absolute atomic E-state index is 0.120. The van der Waals surface area contributed by atoms with E-state index >= 15 is 0 Å². The Kier molecular flexibility index (Phi) is 4.06. The highest BCUT2D eigenvalue weighted by atomic mass is 32.2. The van der Waals surface area contributed by atoms with Crippen molar-refractivity contribution in [3.8, 4) is 0 Å². The zero-order valence-corrected chi connectivity index (χ0v) is 12.0. The number of carbonyl (C=O) groups excluding carboxylic acids is 1. The van der Waals surface area contributed by atoms with E-state index in [1.54, 1.807) is 19.1 Å². The van der Waals surface area contributed by atoms with Crippen molar-refractivity contribution in [2.75, 3.05) is 0 Å². The zero-order chi connectivity index (χ0) is 14.0. The number of nitrogens with zero attached hydrogens (tertiary/aromatic N) is 2. The van der Waals surface area contributed by atoms with Gasteiger partial charge in [-0.3, -0.25) is 14.2 Å². The Bertz CT molecular complexity index is 690. The van der Waals surface area contributed by atoms with Crippen molar-refractivity contribution in [2.24, 2.45) is 5.73 Å². The molecule has 0 saturated carbocycles. The summed E-state index contributed by atoms with van der Waals surface area (Å²) in [6.07, 6.45) is 1.63. The topological polar surface area (TPSA) is 78.0 Å². The Morgan fingerprint density at radius 2 is 2.47 bits per heavy atom. The van der Waals surface area contributed by atoms with Gasteiger partial charge in [-0.2, -0.15) is 0 Å². The van der Waals surface area contributed by atoms with Gasteiger partial charge in [0.05, 0.1) is 10.6 Å². The number of primary amides is 1. The smallest absolute Gasteiger partial charge is 0.263 e. The van der Waals surface area contributed by atoms with Gasteiger partial charge in [0.1, 0.15) is 4.83 Å². The Morgan fingerprint density at radius 3 is 3.11 bits per heavy atom. The molecule has 100 valence electrons. The van der Waals surface area contributed by atoms with Gasteiger partial charge >= 0.3 is 0 Å². The molecular weight excluding hydrogens is 282 g/mol. The lowest BCUT2D eigenvalue weighted by atomic mass is 10.4. The van der Waals surface area contributed by atoms with Crippen LogP contribution in [0.25, 0.3) is 10.2 Å². The van der Waals surface area contributed by atoms with Crippen molar-refractivity contribution in [3.63, 3.8) is 0 Å². The Morgan fingerprint density at radius 1 is 1.74 bits per heavy atom. The molecule has 2 N–H and O–H groups in total. The third-order valence-corrected chi connectivity index (χ3v) is 4.46. The minimum Gasteiger partial charge on any atom is -0.369 e. The van der Waals surface area contributed by atoms with E-state index in [4.69, 9.17) is 5.73 Å². The SMILES string of the molecule is C=CCn1c(SC(C)C(N)=O)nc2sccc2c1=O. The normalized spacial score (nSPS) is 12.5. The highest BCUT2D eigenvalue weighted by molar-refractivity contribution is 8.00. The van der Waals surface area contributed by atoms with Gasteiger partial charge in [-0.05, 0) is 18.4 Å². The molecule has 2 heterocycles. The summed E-state index contributed by atoms with van der Waals surface area (Å²) in [4.78, 5) is 28.5. The fraction of sp³-hybridized carbons (Fsp3) is 0.250. The average Bonchev–Trinajstić information content (AvgIpc) is 2.82. The molecule has 0 fully saturated rings. The molecule has 2 rings (SSSR count). The fourth-order valence-corrected chi connectivity index (χ4v) is 3.20. The second kappa shape index (κ2) is 5.58. The molecule has 2 aromatic rings. The number of amides is 1. The molecule has 19 heavy (non-hydrogen) atoms. The number of fused-ring (bicyclic) bond motifs is 1. The van der Waals surface area contributed by atoms with Crippen molar-refractivity contribution in [2.45, 2.75) is 23.9 Å². The molecule has 0 saturated heterocycles. The van der Waals surface area contributed by atoms with Crippen molar-refractivity contribution in [1.82, 2.24) is 9.55 Å². The van der Waals surface area contributed by atoms with Crippen LogP contribution in [0.3, 0.4) is 0 Å². The lowest BCUT2D eigenvalue weighted by Crippen LogP contribution is -2.26. The summed E-state index contributed by atoms with van der Waals surface area (Å²) in [5.74, 6) is -0.435. The van der Waals surface area contributed by atoms with Crippen LogP contribution in [-0.4, -0.2) is 20.7 Å². The first-order valence-electron chi connectivity index (χ1n) is 5.59. The number of nitrogens with two attached hydrogens (primary N) is 1. The second-order valence-corrected chi connectivity index (χ2v) is 6.10. The van der Waals surface area contributed by atoms with E-state index in [2.05, 4.69) is 11.6 Å². The third kappa shape index (κ3) is 2.71. The van der Waals surface area contributed by atoms with Crippen LogP contribution in [0.1, 0.15) is 6.92 Å². The number of aromatic nitrogens is 2. The standard InChI is InChI=1S/C12H13N3O2S2/c1-3-5-15-11(17)8-4-6-18-10(8)14-12(15)19-7(2)9(13)16/h3-4,6-7H,1,5H2,2H3,(H2,13,16). The van der Waals surface area contributed by atoms with Crippen LogP contribution in [0, 0.1) is 0 Å². The molecule has 0 spiro atoms. The summed E-state index contributed by atoms with van der Waals surface area (Å²) >= 11 is 2.58. The number of allylic oxidation sites excluding steroid dienone is 1. The predicted octanol–water partition coefficient (Wildman–Crippen LogP) is 1.61. The summed E-state index contributed by atoms with van der Waals surface area (Å²) in [5.41, 5.74) is 5.13. The van der Waals surface area contributed by atoms with Crippen molar-refractivity contribution < 1.29 is 4.79 Å². The molecule has 5 nitrogen and oxygen atoms in total. The maximum Gasteiger partial charge on any atom is 0.263 e. The monoisotopic (exact) mass is 295 g/mol. The van der Waals surface area contributed by atoms with E-state index in [-0.39, 0.29) is 5.56 Å². The van der Waals surface area contributed by atoms with E-state index in [1.165, 1.54) is 27.7 Å². The van der Waals surface area contributed by atoms with Crippen LogP contribution in [0.2, 0.25) is 0 Å². The molecule has 0 aliphatic heterocycles. The van der Waals surface area contributed by atoms with Crippen LogP contribution in [0.5, 0.6) is 0 Å². The highest BCUT2D eigenvalue weighted by Gasteiger charge is 2.17. The number of carbonyl (C=O) groups is 1. The quantitative estimate of drug-likeness (QED) is 0.516. The summed E-state index contributed by atoms with van der Waals surface area (Å²) < 4.78 is 1.51. The highest BCUT2D eigenvalue weighted by Crippen LogP contribution is 2.24. The molecule has 0 aromatic carbocycles. The summed E-state index contributed by atoms with van der Waals surface area (Å²) in [7, 11) is 0. The van der Waals surface area contributed by atoms with E-state index in [0.717, 1.165) is 0 Å². The fourth-order valence-electron chi connectivity index (χ4n) is 1.53. The van der Waals surface area contributed by atoms with Crippen LogP contribution < -0.4 is 11.3 Å². The zero-order valence-electron chi connectivity index (χ0n) is 10.3. The molecule has 0 radical (unpaired) electrons. The Balaban J connectivity index is 2.56. The van der Waals surface area contributed by atoms with Crippen molar-refractivity contribution in [1.29, 1.82) is 0 Å². The van der Waals surface area contributed by atoms with Crippen LogP contribution in [0.4, 0.5) is 0 Å². The Labute approximate surface area is 118 Å². The number of rotatable bonds is 5. The molecule has 0 bridgehead atoms. The maximum absolute atomic E-state index is 12.3. The van der Waals surface area contributed by atoms with Gasteiger partial charge in [0.25, 0.3) is 5.56 Å². The predicted molar refractivity (Wildman–Crippen MR) is 78.6 cm³/mol. The summed E-state index contributed by atoms with van der Waals surface area (Å²) in [6.45, 7) is 5.68. The lowest BCUT2D eigenvalue weighted by molar-refractivity contribution is -0.117. The third-order valence-electron chi connectivity index (χ3n) is 2.54. The number of thiophene rings is 1. The van der Waals surface area contributed by atoms with Gasteiger partial charge in [-0.15, -0.1) is 17.9 Å². The van der Waals surface area contributed by atoms with Crippen molar-refractivity contribution >= 4 is 39.2 Å². The first-order valence-corrected chi connectivity index (χ1v) is 7.35. The summed E-state index contributed by atoms with van der Waals surface area (Å²) in [6, 6.07) is 1.75. The number of thioether (sulfide) groups is 1. The van der Waals surface area contributed by atoms with E-state index in [1.807, 2.05) is 5.38 Å². The maximum atomic E-state index is 12.3. The van der Waals surface area contributed by atoms with Gasteiger partial charge in [0.15, 0.2) is 5.16 Å². The molecular formula is C12H13N3O2S2. The van der Waals surface area contributed by atoms with Gasteiger partial charge in [0.2, 0.25) is 5.91 Å². The van der Waals surface area contributed by atoms with Gasteiger partial charge in [-0.1, -0.05) is 17.8 Å². The molecule has 0 aliphatic carbocycles. The van der Waals surface area contributed by atoms with Gasteiger partial charge < -0.3 is 5.73 Å². The minimum atomic E-state index is -0.444. The van der Waals surface area contributed by atoms with Crippen LogP contribution in [0.15, 0.2) is 34.1 Å². The summed E-state index contributed by atoms with van der Waals surface area (Å²) in [5, 5.41) is 2.46. The second-order valence-electron chi connectivity index (χ2n) is 3.90. The molecule has 7 heteroatoms. The van der Waals surface area contributed by atoms with E-state index in [9.17, 15) is 9.59 Å². The molecule has 1 amide bonds. The first kappa shape index (κ1) is 13.8. The van der Waals surface area contributed by atoms with E-state index in [0.29, 0.717) is 21.9 Å². The largest absolute Gasteiger partial charge is 0.369 e. The van der Waals surface area contributed by atoms with Gasteiger partial charge in [0, 0.05) is 6.54 Å². The van der Waals surface area contributed by atoms with Crippen LogP contribution in [-0.2, 0) is 11.3 Å². The molecule has 0 aliphatic rings. The first-order chi connectivity index (χ1) is 9.04. The number of hydrogen-bond donors (Lipinski definition) is 1. The average molecular weight is 295 g/mol. The van der Waals surface area contributed by atoms with Crippen LogP contribution >= 0.6 is 23.1 Å². The van der Waals surface area contributed by atoms with Crippen molar-refractivity contribution in [3.05, 3.63) is 34.5 Å². The molecule has 2 aromatic heterocycles. The van der Waals surface area contributed by atoms with E-state index < -0.39 is 11.2 Å². The lowest BCUT2D eigenvalue weighted by Gasteiger charge is -2.12. The molecule has 1 atom stereocenters. The molecule has 1 unspecified atom stereocenters.